The monoisotopic (exact) mass is 574 g/mol. The maximum absolute atomic E-state index is 13.6. The van der Waals surface area contributed by atoms with Crippen LogP contribution in [0.15, 0.2) is 72.8 Å². The van der Waals surface area contributed by atoms with Gasteiger partial charge < -0.3 is 9.47 Å². The van der Waals surface area contributed by atoms with Crippen LogP contribution < -0.4 is 9.47 Å². The fourth-order valence-electron chi connectivity index (χ4n) is 5.24. The molecule has 210 valence electrons. The number of carbonyl (C=O) groups is 5. The Morgan fingerprint density at radius 2 is 1.51 bits per heavy atom. The van der Waals surface area contributed by atoms with Crippen molar-refractivity contribution >= 4 is 41.1 Å². The van der Waals surface area contributed by atoms with Crippen molar-refractivity contribution in [3.63, 3.8) is 0 Å². The highest BCUT2D eigenvalue weighted by molar-refractivity contribution is 6.34. The summed E-state index contributed by atoms with van der Waals surface area (Å²) >= 11 is 6.27. The number of esters is 1. The summed E-state index contributed by atoms with van der Waals surface area (Å²) in [6.45, 7) is -0.566. The molecule has 3 aromatic carbocycles. The topological polar surface area (TPSA) is 110 Å². The third-order valence-electron chi connectivity index (χ3n) is 7.38. The molecular formula is C31H27ClN2O7. The van der Waals surface area contributed by atoms with Crippen molar-refractivity contribution in [3.8, 4) is 11.5 Å². The number of carbonyl (C=O) groups excluding carboxylic acids is 5. The first-order valence-corrected chi connectivity index (χ1v) is 13.6. The van der Waals surface area contributed by atoms with E-state index in [2.05, 4.69) is 0 Å². The van der Waals surface area contributed by atoms with Gasteiger partial charge in [0, 0.05) is 5.56 Å². The molecule has 9 nitrogen and oxygen atoms in total. The number of methoxy groups -OCH3 is 1. The van der Waals surface area contributed by atoms with Crippen LogP contribution in [0.4, 0.5) is 0 Å². The molecule has 0 bridgehead atoms. The second-order valence-electron chi connectivity index (χ2n) is 9.90. The highest BCUT2D eigenvalue weighted by Gasteiger charge is 2.52. The number of rotatable bonds is 8. The van der Waals surface area contributed by atoms with E-state index in [1.165, 1.54) is 43.5 Å². The molecule has 1 saturated heterocycles. The van der Waals surface area contributed by atoms with Gasteiger partial charge in [0.05, 0.1) is 35.1 Å². The average molecular weight is 575 g/mol. The lowest BCUT2D eigenvalue weighted by molar-refractivity contribution is -0.154. The fraction of sp³-hybridized carbons (Fsp3) is 0.258. The summed E-state index contributed by atoms with van der Waals surface area (Å²) < 4.78 is 10.5. The molecule has 1 heterocycles. The van der Waals surface area contributed by atoms with Crippen molar-refractivity contribution in [3.05, 3.63) is 94.5 Å². The van der Waals surface area contributed by atoms with Crippen LogP contribution in [-0.4, -0.2) is 53.1 Å². The van der Waals surface area contributed by atoms with Crippen LogP contribution in [0.1, 0.15) is 56.8 Å². The van der Waals surface area contributed by atoms with Gasteiger partial charge in [0.25, 0.3) is 17.7 Å². The van der Waals surface area contributed by atoms with Gasteiger partial charge in [0.15, 0.2) is 5.78 Å². The molecule has 1 aliphatic carbocycles. The first-order chi connectivity index (χ1) is 19.8. The van der Waals surface area contributed by atoms with Gasteiger partial charge in [-0.2, -0.15) is 5.01 Å². The van der Waals surface area contributed by atoms with Gasteiger partial charge in [0.1, 0.15) is 18.0 Å². The van der Waals surface area contributed by atoms with Crippen LogP contribution in [0.5, 0.6) is 11.5 Å². The molecule has 0 spiro atoms. The van der Waals surface area contributed by atoms with Crippen molar-refractivity contribution in [2.45, 2.75) is 25.7 Å². The smallest absolute Gasteiger partial charge is 0.343 e. The first-order valence-electron chi connectivity index (χ1n) is 13.2. The predicted molar refractivity (Wildman–Crippen MR) is 149 cm³/mol. The average Bonchev–Trinajstić information content (AvgIpc) is 3.25. The zero-order valence-electron chi connectivity index (χ0n) is 22.2. The number of amides is 3. The van der Waals surface area contributed by atoms with Gasteiger partial charge in [-0.1, -0.05) is 42.6 Å². The standard InChI is InChI=1S/C31H27ClN2O7/c1-40-22-8-6-7-20(17-22)31(39)41-21-15-13-19(14-16-21)27(35)18-33(28(36)25-11-4-5-12-26(25)32)34-29(37)23-9-2-3-10-24(23)30(34)38/h4-8,11-17,23-24H,2-3,9-10,18H2,1H3/t23-,24-/m1/s1. The number of fused-ring (bicyclic) bond motifs is 1. The molecule has 2 fully saturated rings. The summed E-state index contributed by atoms with van der Waals surface area (Å²) in [5.41, 5.74) is 0.552. The fourth-order valence-corrected chi connectivity index (χ4v) is 5.46. The van der Waals surface area contributed by atoms with E-state index in [4.69, 9.17) is 21.1 Å². The Hall–Kier alpha value is -4.50. The van der Waals surface area contributed by atoms with E-state index in [0.29, 0.717) is 24.2 Å². The largest absolute Gasteiger partial charge is 0.497 e. The van der Waals surface area contributed by atoms with Crippen LogP contribution >= 0.6 is 11.6 Å². The van der Waals surface area contributed by atoms with Crippen LogP contribution in [0.3, 0.4) is 0 Å². The van der Waals surface area contributed by atoms with Crippen molar-refractivity contribution in [1.82, 2.24) is 10.0 Å². The molecule has 3 amide bonds. The highest BCUT2D eigenvalue weighted by atomic mass is 35.5. The highest BCUT2D eigenvalue weighted by Crippen LogP contribution is 2.39. The van der Waals surface area contributed by atoms with Crippen LogP contribution in [-0.2, 0) is 9.59 Å². The number of hydrogen-bond acceptors (Lipinski definition) is 7. The number of nitrogens with zero attached hydrogens (tertiary/aromatic N) is 2. The molecule has 3 aromatic rings. The van der Waals surface area contributed by atoms with E-state index in [0.717, 1.165) is 22.9 Å². The number of hydrazine groups is 1. The van der Waals surface area contributed by atoms with E-state index in [1.54, 1.807) is 36.4 Å². The van der Waals surface area contributed by atoms with Gasteiger partial charge in [0.2, 0.25) is 0 Å². The maximum atomic E-state index is 13.6. The second kappa shape index (κ2) is 11.9. The first kappa shape index (κ1) is 28.0. The van der Waals surface area contributed by atoms with E-state index in [-0.39, 0.29) is 21.9 Å². The van der Waals surface area contributed by atoms with Gasteiger partial charge in [-0.05, 0) is 67.4 Å². The Kier molecular flexibility index (Phi) is 8.16. The summed E-state index contributed by atoms with van der Waals surface area (Å²) in [4.78, 5) is 66.3. The molecule has 41 heavy (non-hydrogen) atoms. The molecule has 2 aliphatic rings. The number of imide groups is 1. The third kappa shape index (κ3) is 5.71. The number of Topliss-reactive ketones (excluding diaryl/α,β-unsaturated/α-hetero) is 1. The molecular weight excluding hydrogens is 548 g/mol. The minimum Gasteiger partial charge on any atom is -0.497 e. The minimum atomic E-state index is -0.729. The number of ether oxygens (including phenoxy) is 2. The van der Waals surface area contributed by atoms with Crippen molar-refractivity contribution in [2.75, 3.05) is 13.7 Å². The lowest BCUT2D eigenvalue weighted by Gasteiger charge is -2.30. The predicted octanol–water partition coefficient (Wildman–Crippen LogP) is 4.98. The minimum absolute atomic E-state index is 0.0669. The third-order valence-corrected chi connectivity index (χ3v) is 7.71. The quantitative estimate of drug-likeness (QED) is 0.161. The van der Waals surface area contributed by atoms with Crippen LogP contribution in [0.25, 0.3) is 0 Å². The van der Waals surface area contributed by atoms with Gasteiger partial charge in [-0.25, -0.2) is 9.80 Å². The SMILES string of the molecule is COc1cccc(C(=O)Oc2ccc(C(=O)CN(C(=O)c3ccccc3Cl)N3C(=O)[C@@H]4CCCC[C@H]4C3=O)cc2)c1. The zero-order chi connectivity index (χ0) is 29.1. The van der Waals surface area contributed by atoms with Crippen molar-refractivity contribution in [2.24, 2.45) is 11.8 Å². The maximum Gasteiger partial charge on any atom is 0.343 e. The van der Waals surface area contributed by atoms with E-state index >= 15 is 0 Å². The van der Waals surface area contributed by atoms with Crippen LogP contribution in [0.2, 0.25) is 5.02 Å². The van der Waals surface area contributed by atoms with Crippen LogP contribution in [0, 0.1) is 11.8 Å². The number of benzene rings is 3. The van der Waals surface area contributed by atoms with Gasteiger partial charge in [-0.15, -0.1) is 0 Å². The summed E-state index contributed by atoms with van der Waals surface area (Å²) in [5.74, 6) is -3.12. The number of ketones is 1. The zero-order valence-corrected chi connectivity index (χ0v) is 23.0. The molecule has 1 saturated carbocycles. The Morgan fingerprint density at radius 1 is 0.854 bits per heavy atom. The molecule has 0 aromatic heterocycles. The molecule has 0 N–H and O–H groups in total. The Bertz CT molecular complexity index is 1500. The lowest BCUT2D eigenvalue weighted by Crippen LogP contribution is -2.52. The van der Waals surface area contributed by atoms with E-state index in [1.807, 2.05) is 0 Å². The van der Waals surface area contributed by atoms with E-state index < -0.39 is 47.9 Å². The summed E-state index contributed by atoms with van der Waals surface area (Å²) in [7, 11) is 1.49. The molecule has 10 heteroatoms. The normalized spacial score (nSPS) is 18.0. The molecule has 2 atom stereocenters. The Labute approximate surface area is 241 Å². The molecule has 5 rings (SSSR count). The van der Waals surface area contributed by atoms with Gasteiger partial charge >= 0.3 is 5.97 Å². The number of halogens is 1. The van der Waals surface area contributed by atoms with Crippen molar-refractivity contribution in [1.29, 1.82) is 0 Å². The molecule has 0 unspecified atom stereocenters. The molecule has 0 radical (unpaired) electrons. The van der Waals surface area contributed by atoms with Crippen molar-refractivity contribution < 1.29 is 33.4 Å². The van der Waals surface area contributed by atoms with E-state index in [9.17, 15) is 24.0 Å². The summed E-state index contributed by atoms with van der Waals surface area (Å²) in [6.07, 6.45) is 2.76. The lowest BCUT2D eigenvalue weighted by atomic mass is 9.81. The number of hydrogen-bond donors (Lipinski definition) is 0. The Morgan fingerprint density at radius 3 is 2.15 bits per heavy atom. The summed E-state index contributed by atoms with van der Waals surface area (Å²) in [6, 6.07) is 18.6. The molecule has 1 aliphatic heterocycles. The van der Waals surface area contributed by atoms with Gasteiger partial charge in [-0.3, -0.25) is 19.2 Å². The summed E-state index contributed by atoms with van der Waals surface area (Å²) in [5, 5.41) is 1.88. The Balaban J connectivity index is 1.37. The second-order valence-corrected chi connectivity index (χ2v) is 10.3.